The molecule has 0 aromatic heterocycles. The van der Waals surface area contributed by atoms with Crippen molar-refractivity contribution >= 4 is 6.08 Å². The highest BCUT2D eigenvalue weighted by molar-refractivity contribution is 5.54. The smallest absolute Gasteiger partial charge is 0.123 e. The van der Waals surface area contributed by atoms with E-state index in [4.69, 9.17) is 0 Å². The Hall–Kier alpha value is -1.89. The van der Waals surface area contributed by atoms with Gasteiger partial charge in [0.25, 0.3) is 0 Å². The zero-order valence-corrected chi connectivity index (χ0v) is 8.49. The number of benzene rings is 1. The fraction of sp³-hybridized carbons (Fsp3) is 0. The Morgan fingerprint density at radius 3 is 2.33 bits per heavy atom. The third kappa shape index (κ3) is 3.77. The lowest BCUT2D eigenvalue weighted by atomic mass is 10.1. The fourth-order valence-corrected chi connectivity index (χ4v) is 1.09. The molecule has 0 nitrogen and oxygen atoms in total. The number of rotatable bonds is 4. The van der Waals surface area contributed by atoms with Crippen molar-refractivity contribution in [2.45, 2.75) is 0 Å². The van der Waals surface area contributed by atoms with E-state index in [0.29, 0.717) is 0 Å². The van der Waals surface area contributed by atoms with Crippen LogP contribution in [0.4, 0.5) is 4.39 Å². The van der Waals surface area contributed by atoms with Crippen LogP contribution in [0.1, 0.15) is 5.56 Å². The summed E-state index contributed by atoms with van der Waals surface area (Å²) in [5, 5.41) is 0. The van der Waals surface area contributed by atoms with Gasteiger partial charge in [-0.3, -0.25) is 0 Å². The molecule has 15 heavy (non-hydrogen) atoms. The van der Waals surface area contributed by atoms with Crippen LogP contribution in [0.15, 0.2) is 67.3 Å². The second kappa shape index (κ2) is 5.76. The molecule has 0 saturated heterocycles. The summed E-state index contributed by atoms with van der Waals surface area (Å²) >= 11 is 0. The minimum atomic E-state index is -0.224. The van der Waals surface area contributed by atoms with Gasteiger partial charge in [0.2, 0.25) is 0 Å². The Morgan fingerprint density at radius 1 is 1.13 bits per heavy atom. The van der Waals surface area contributed by atoms with E-state index in [1.54, 1.807) is 24.3 Å². The molecule has 0 amide bonds. The highest BCUT2D eigenvalue weighted by Crippen LogP contribution is 2.07. The van der Waals surface area contributed by atoms with E-state index in [1.165, 1.54) is 12.1 Å². The van der Waals surface area contributed by atoms with Gasteiger partial charge in [-0.15, -0.1) is 0 Å². The van der Waals surface area contributed by atoms with Crippen LogP contribution in [0, 0.1) is 5.82 Å². The van der Waals surface area contributed by atoms with Crippen molar-refractivity contribution in [1.29, 1.82) is 0 Å². The largest absolute Gasteiger partial charge is 0.207 e. The highest BCUT2D eigenvalue weighted by atomic mass is 19.1. The number of halogens is 1. The van der Waals surface area contributed by atoms with Crippen molar-refractivity contribution < 1.29 is 4.39 Å². The van der Waals surface area contributed by atoms with Crippen molar-refractivity contribution in [3.63, 3.8) is 0 Å². The van der Waals surface area contributed by atoms with E-state index in [9.17, 15) is 4.39 Å². The second-order valence-electron chi connectivity index (χ2n) is 2.99. The van der Waals surface area contributed by atoms with Gasteiger partial charge >= 0.3 is 0 Å². The maximum Gasteiger partial charge on any atom is 0.123 e. The molecule has 0 fully saturated rings. The molecular weight excluding hydrogens is 187 g/mol. The van der Waals surface area contributed by atoms with E-state index < -0.39 is 0 Å². The third-order valence-electron chi connectivity index (χ3n) is 1.88. The average Bonchev–Trinajstić information content (AvgIpc) is 2.26. The number of hydrogen-bond donors (Lipinski definition) is 0. The molecule has 0 aliphatic carbocycles. The van der Waals surface area contributed by atoms with E-state index in [-0.39, 0.29) is 5.82 Å². The van der Waals surface area contributed by atoms with Gasteiger partial charge in [0.15, 0.2) is 0 Å². The molecule has 0 heterocycles. The lowest BCUT2D eigenvalue weighted by Crippen LogP contribution is -1.75. The van der Waals surface area contributed by atoms with Crippen LogP contribution < -0.4 is 0 Å². The predicted molar refractivity (Wildman–Crippen MR) is 63.9 cm³/mol. The summed E-state index contributed by atoms with van der Waals surface area (Å²) in [4.78, 5) is 0. The highest BCUT2D eigenvalue weighted by Gasteiger charge is 1.89. The maximum absolute atomic E-state index is 12.6. The Kier molecular flexibility index (Phi) is 4.30. The van der Waals surface area contributed by atoms with E-state index in [1.807, 2.05) is 18.2 Å². The van der Waals surface area contributed by atoms with E-state index in [0.717, 1.165) is 11.1 Å². The van der Waals surface area contributed by atoms with Gasteiger partial charge in [0.1, 0.15) is 5.82 Å². The van der Waals surface area contributed by atoms with Crippen molar-refractivity contribution in [2.75, 3.05) is 0 Å². The SMILES string of the molecule is C=C/C=C(C=C)/C=C/c1ccc(F)cc1. The van der Waals surface area contributed by atoms with Gasteiger partial charge in [-0.1, -0.05) is 55.7 Å². The van der Waals surface area contributed by atoms with Crippen molar-refractivity contribution in [3.05, 3.63) is 78.7 Å². The molecule has 0 aliphatic heterocycles. The molecular formula is C14H13F. The Balaban J connectivity index is 2.80. The molecule has 0 atom stereocenters. The van der Waals surface area contributed by atoms with Gasteiger partial charge in [-0.2, -0.15) is 0 Å². The molecule has 0 unspecified atom stereocenters. The second-order valence-corrected chi connectivity index (χ2v) is 2.99. The minimum Gasteiger partial charge on any atom is -0.207 e. The number of allylic oxidation sites excluding steroid dienone is 5. The Labute approximate surface area is 89.8 Å². The minimum absolute atomic E-state index is 0.224. The quantitative estimate of drug-likeness (QED) is 0.641. The number of hydrogen-bond acceptors (Lipinski definition) is 0. The zero-order chi connectivity index (χ0) is 11.1. The summed E-state index contributed by atoms with van der Waals surface area (Å²) in [6, 6.07) is 6.32. The monoisotopic (exact) mass is 200 g/mol. The van der Waals surface area contributed by atoms with Crippen LogP contribution >= 0.6 is 0 Å². The van der Waals surface area contributed by atoms with Gasteiger partial charge in [0, 0.05) is 0 Å². The molecule has 1 heteroatoms. The summed E-state index contributed by atoms with van der Waals surface area (Å²) in [5.74, 6) is -0.224. The first-order valence-corrected chi connectivity index (χ1v) is 4.65. The van der Waals surface area contributed by atoms with Gasteiger partial charge in [-0.05, 0) is 23.3 Å². The molecule has 0 bridgehead atoms. The van der Waals surface area contributed by atoms with Crippen LogP contribution in [0.3, 0.4) is 0 Å². The molecule has 0 saturated carbocycles. The van der Waals surface area contributed by atoms with E-state index in [2.05, 4.69) is 13.2 Å². The van der Waals surface area contributed by atoms with Crippen LogP contribution in [-0.4, -0.2) is 0 Å². The Morgan fingerprint density at radius 2 is 1.80 bits per heavy atom. The average molecular weight is 200 g/mol. The first-order valence-electron chi connectivity index (χ1n) is 4.65. The van der Waals surface area contributed by atoms with Crippen molar-refractivity contribution in [1.82, 2.24) is 0 Å². The summed E-state index contributed by atoms with van der Waals surface area (Å²) in [6.07, 6.45) is 9.10. The summed E-state index contributed by atoms with van der Waals surface area (Å²) in [7, 11) is 0. The zero-order valence-electron chi connectivity index (χ0n) is 8.49. The predicted octanol–water partition coefficient (Wildman–Crippen LogP) is 4.14. The van der Waals surface area contributed by atoms with Crippen molar-refractivity contribution in [2.24, 2.45) is 0 Å². The Bertz CT molecular complexity index is 394. The van der Waals surface area contributed by atoms with Gasteiger partial charge in [0.05, 0.1) is 0 Å². The molecule has 0 spiro atoms. The van der Waals surface area contributed by atoms with Gasteiger partial charge in [-0.25, -0.2) is 4.39 Å². The van der Waals surface area contributed by atoms with Crippen LogP contribution in [0.5, 0.6) is 0 Å². The van der Waals surface area contributed by atoms with E-state index >= 15 is 0 Å². The first-order chi connectivity index (χ1) is 7.26. The molecule has 1 aromatic carbocycles. The summed E-state index contributed by atoms with van der Waals surface area (Å²) < 4.78 is 12.6. The standard InChI is InChI=1S/C14H13F/c1-3-5-12(4-2)6-7-13-8-10-14(15)11-9-13/h3-11H,1-2H2/b7-6+,12-5+. The van der Waals surface area contributed by atoms with Crippen LogP contribution in [0.25, 0.3) is 6.08 Å². The summed E-state index contributed by atoms with van der Waals surface area (Å²) in [6.45, 7) is 7.29. The molecule has 0 radical (unpaired) electrons. The lowest BCUT2D eigenvalue weighted by Gasteiger charge is -1.93. The molecule has 1 rings (SSSR count). The third-order valence-corrected chi connectivity index (χ3v) is 1.88. The first kappa shape index (κ1) is 11.2. The molecule has 76 valence electrons. The molecule has 0 N–H and O–H groups in total. The van der Waals surface area contributed by atoms with Crippen molar-refractivity contribution in [3.8, 4) is 0 Å². The maximum atomic E-state index is 12.6. The normalized spacial score (nSPS) is 11.7. The van der Waals surface area contributed by atoms with Gasteiger partial charge < -0.3 is 0 Å². The topological polar surface area (TPSA) is 0 Å². The van der Waals surface area contributed by atoms with Crippen LogP contribution in [0.2, 0.25) is 0 Å². The fourth-order valence-electron chi connectivity index (χ4n) is 1.09. The summed E-state index contributed by atoms with van der Waals surface area (Å²) in [5.41, 5.74) is 1.92. The molecule has 0 aliphatic rings. The molecule has 1 aromatic rings. The van der Waals surface area contributed by atoms with Crippen LogP contribution in [-0.2, 0) is 0 Å². The lowest BCUT2D eigenvalue weighted by molar-refractivity contribution is 0.628.